The normalized spacial score (nSPS) is 11.1. The molecule has 0 aliphatic heterocycles. The summed E-state index contributed by atoms with van der Waals surface area (Å²) in [7, 11) is 0. The zero-order chi connectivity index (χ0) is 15.0. The molecule has 0 bridgehead atoms. The van der Waals surface area contributed by atoms with Gasteiger partial charge in [-0.3, -0.25) is 9.25 Å². The van der Waals surface area contributed by atoms with E-state index < -0.39 is 5.97 Å². The van der Waals surface area contributed by atoms with E-state index in [9.17, 15) is 9.59 Å². The molecular formula is C14H14N4O3. The topological polar surface area (TPSA) is 92.9 Å². The van der Waals surface area contributed by atoms with Crippen LogP contribution in [0.25, 0.3) is 11.0 Å². The second kappa shape index (κ2) is 4.93. The first-order valence-corrected chi connectivity index (χ1v) is 6.49. The van der Waals surface area contributed by atoms with E-state index in [1.807, 2.05) is 13.1 Å². The van der Waals surface area contributed by atoms with Gasteiger partial charge in [-0.2, -0.15) is 5.10 Å². The van der Waals surface area contributed by atoms with Crippen LogP contribution in [0.15, 0.2) is 35.4 Å². The molecule has 0 aliphatic carbocycles. The van der Waals surface area contributed by atoms with Crippen LogP contribution in [-0.4, -0.2) is 30.4 Å². The van der Waals surface area contributed by atoms with Crippen molar-refractivity contribution in [1.29, 1.82) is 0 Å². The number of carbonyl (C=O) groups is 1. The number of H-pyrrole nitrogens is 1. The van der Waals surface area contributed by atoms with Gasteiger partial charge in [0.25, 0.3) is 0 Å². The van der Waals surface area contributed by atoms with Crippen LogP contribution >= 0.6 is 0 Å². The highest BCUT2D eigenvalue weighted by molar-refractivity contribution is 5.92. The maximum absolute atomic E-state index is 12.0. The fourth-order valence-corrected chi connectivity index (χ4v) is 2.30. The van der Waals surface area contributed by atoms with Crippen LogP contribution in [0.4, 0.5) is 0 Å². The average molecular weight is 286 g/mol. The van der Waals surface area contributed by atoms with Crippen LogP contribution in [0.5, 0.6) is 0 Å². The molecule has 0 aliphatic rings. The molecule has 2 aromatic heterocycles. The quantitative estimate of drug-likeness (QED) is 0.754. The number of rotatable bonds is 4. The van der Waals surface area contributed by atoms with Crippen molar-refractivity contribution in [1.82, 2.24) is 19.3 Å². The van der Waals surface area contributed by atoms with Crippen molar-refractivity contribution in [3.05, 3.63) is 52.2 Å². The highest BCUT2D eigenvalue weighted by Gasteiger charge is 2.10. The molecule has 0 saturated heterocycles. The second-order valence-corrected chi connectivity index (χ2v) is 4.90. The Morgan fingerprint density at radius 1 is 1.38 bits per heavy atom. The van der Waals surface area contributed by atoms with Gasteiger partial charge >= 0.3 is 11.7 Å². The van der Waals surface area contributed by atoms with Crippen molar-refractivity contribution >= 4 is 17.0 Å². The van der Waals surface area contributed by atoms with Crippen molar-refractivity contribution in [3.8, 4) is 0 Å². The maximum atomic E-state index is 12.0. The van der Waals surface area contributed by atoms with Gasteiger partial charge in [0.15, 0.2) is 0 Å². The van der Waals surface area contributed by atoms with Gasteiger partial charge in [-0.25, -0.2) is 9.59 Å². The first-order valence-electron chi connectivity index (χ1n) is 6.49. The first-order chi connectivity index (χ1) is 10.0. The van der Waals surface area contributed by atoms with Crippen molar-refractivity contribution in [2.45, 2.75) is 20.0 Å². The van der Waals surface area contributed by atoms with E-state index in [0.717, 1.165) is 5.56 Å². The number of imidazole rings is 1. The van der Waals surface area contributed by atoms with Gasteiger partial charge in [0, 0.05) is 12.7 Å². The van der Waals surface area contributed by atoms with Crippen LogP contribution in [-0.2, 0) is 13.1 Å². The minimum atomic E-state index is -1.01. The fourth-order valence-electron chi connectivity index (χ4n) is 2.30. The number of aromatic carboxylic acids is 1. The number of nitrogens with one attached hydrogen (secondary N) is 1. The third-order valence-electron chi connectivity index (χ3n) is 3.34. The minimum Gasteiger partial charge on any atom is -0.478 e. The lowest BCUT2D eigenvalue weighted by Gasteiger charge is -2.04. The molecule has 2 N–H and O–H groups in total. The van der Waals surface area contributed by atoms with Crippen LogP contribution < -0.4 is 5.69 Å². The Morgan fingerprint density at radius 2 is 2.19 bits per heavy atom. The maximum Gasteiger partial charge on any atom is 0.335 e. The minimum absolute atomic E-state index is 0.158. The number of aromatic nitrogens is 4. The molecule has 7 heteroatoms. The standard InChI is InChI=1S/C14H14N4O3/c1-9-7-15-17(8-9)4-5-18-12-6-10(13(19)20)2-3-11(12)16-14(18)21/h2-3,6-8H,4-5H2,1H3,(H,16,21)(H,19,20). The van der Waals surface area contributed by atoms with Crippen molar-refractivity contribution < 1.29 is 9.90 Å². The van der Waals surface area contributed by atoms with Gasteiger partial charge in [-0.1, -0.05) is 0 Å². The molecule has 108 valence electrons. The van der Waals surface area contributed by atoms with E-state index in [4.69, 9.17) is 5.11 Å². The van der Waals surface area contributed by atoms with Crippen molar-refractivity contribution in [2.75, 3.05) is 0 Å². The number of aryl methyl sites for hydroxylation is 3. The number of carboxylic acids is 1. The van der Waals surface area contributed by atoms with Crippen LogP contribution in [0.1, 0.15) is 15.9 Å². The van der Waals surface area contributed by atoms with E-state index in [2.05, 4.69) is 10.1 Å². The second-order valence-electron chi connectivity index (χ2n) is 4.90. The number of benzene rings is 1. The first kappa shape index (κ1) is 13.2. The van der Waals surface area contributed by atoms with E-state index in [1.165, 1.54) is 16.7 Å². The van der Waals surface area contributed by atoms with Crippen LogP contribution in [0.2, 0.25) is 0 Å². The molecule has 0 atom stereocenters. The Morgan fingerprint density at radius 3 is 2.86 bits per heavy atom. The monoisotopic (exact) mass is 286 g/mol. The van der Waals surface area contributed by atoms with Gasteiger partial charge in [0.05, 0.1) is 29.3 Å². The molecule has 0 fully saturated rings. The number of hydrogen-bond donors (Lipinski definition) is 2. The molecule has 0 spiro atoms. The molecule has 0 unspecified atom stereocenters. The fraction of sp³-hybridized carbons (Fsp3) is 0.214. The molecule has 7 nitrogen and oxygen atoms in total. The summed E-state index contributed by atoms with van der Waals surface area (Å²) in [6, 6.07) is 4.58. The predicted octanol–water partition coefficient (Wildman–Crippen LogP) is 1.23. The summed E-state index contributed by atoms with van der Waals surface area (Å²) in [6.45, 7) is 2.90. The number of hydrogen-bond acceptors (Lipinski definition) is 3. The summed E-state index contributed by atoms with van der Waals surface area (Å²) >= 11 is 0. The summed E-state index contributed by atoms with van der Waals surface area (Å²) in [5.74, 6) is -1.01. The van der Waals surface area contributed by atoms with E-state index in [-0.39, 0.29) is 11.3 Å². The highest BCUT2D eigenvalue weighted by Crippen LogP contribution is 2.13. The highest BCUT2D eigenvalue weighted by atomic mass is 16.4. The number of carboxylic acid groups (broad SMARTS) is 1. The molecule has 21 heavy (non-hydrogen) atoms. The lowest BCUT2D eigenvalue weighted by Crippen LogP contribution is -2.19. The Labute approximate surface area is 119 Å². The van der Waals surface area contributed by atoms with Crippen molar-refractivity contribution in [3.63, 3.8) is 0 Å². The van der Waals surface area contributed by atoms with E-state index in [1.54, 1.807) is 16.9 Å². The Balaban J connectivity index is 1.96. The zero-order valence-corrected chi connectivity index (χ0v) is 11.4. The summed E-state index contributed by atoms with van der Waals surface area (Å²) in [5, 5.41) is 13.2. The molecule has 0 saturated carbocycles. The molecule has 3 rings (SSSR count). The lowest BCUT2D eigenvalue weighted by atomic mass is 10.2. The van der Waals surface area contributed by atoms with Crippen molar-refractivity contribution in [2.24, 2.45) is 0 Å². The number of nitrogens with zero attached hydrogens (tertiary/aromatic N) is 3. The molecule has 0 radical (unpaired) electrons. The third-order valence-corrected chi connectivity index (χ3v) is 3.34. The smallest absolute Gasteiger partial charge is 0.335 e. The molecular weight excluding hydrogens is 272 g/mol. The third kappa shape index (κ3) is 2.45. The van der Waals surface area contributed by atoms with Gasteiger partial charge in [-0.15, -0.1) is 0 Å². The molecule has 1 aromatic carbocycles. The zero-order valence-electron chi connectivity index (χ0n) is 11.4. The lowest BCUT2D eigenvalue weighted by molar-refractivity contribution is 0.0697. The van der Waals surface area contributed by atoms with E-state index in [0.29, 0.717) is 24.1 Å². The summed E-state index contributed by atoms with van der Waals surface area (Å²) in [4.78, 5) is 25.7. The molecule has 2 heterocycles. The summed E-state index contributed by atoms with van der Waals surface area (Å²) < 4.78 is 3.28. The predicted molar refractivity (Wildman–Crippen MR) is 76.5 cm³/mol. The van der Waals surface area contributed by atoms with Crippen LogP contribution in [0, 0.1) is 6.92 Å². The van der Waals surface area contributed by atoms with Gasteiger partial charge < -0.3 is 10.1 Å². The number of fused-ring (bicyclic) bond motifs is 1. The molecule has 3 aromatic rings. The largest absolute Gasteiger partial charge is 0.478 e. The van der Waals surface area contributed by atoms with Gasteiger partial charge in [-0.05, 0) is 30.7 Å². The number of aromatic amines is 1. The van der Waals surface area contributed by atoms with Gasteiger partial charge in [0.1, 0.15) is 0 Å². The van der Waals surface area contributed by atoms with E-state index >= 15 is 0 Å². The summed E-state index contributed by atoms with van der Waals surface area (Å²) in [6.07, 6.45) is 3.64. The Kier molecular flexibility index (Phi) is 3.09. The Bertz CT molecular complexity index is 872. The van der Waals surface area contributed by atoms with Gasteiger partial charge in [0.2, 0.25) is 0 Å². The van der Waals surface area contributed by atoms with Crippen LogP contribution in [0.3, 0.4) is 0 Å². The SMILES string of the molecule is Cc1cnn(CCn2c(=O)[nH]c3ccc(C(=O)O)cc32)c1. The summed E-state index contributed by atoms with van der Waals surface area (Å²) in [5.41, 5.74) is 2.17. The molecule has 0 amide bonds. The Hall–Kier alpha value is -2.83. The average Bonchev–Trinajstić information content (AvgIpc) is 2.98.